The monoisotopic (exact) mass is 1010 g/mol. The van der Waals surface area contributed by atoms with E-state index in [9.17, 15) is 48.3 Å². The number of ketones is 1. The lowest BCUT2D eigenvalue weighted by atomic mass is 10.0. The van der Waals surface area contributed by atoms with Crippen LogP contribution in [0.4, 0.5) is 0 Å². The summed E-state index contributed by atoms with van der Waals surface area (Å²) < 4.78 is 0. The fraction of sp³-hybridized carbons (Fsp3) is 0.411. The second-order valence-corrected chi connectivity index (χ2v) is 19.3. The molecule has 0 bridgehead atoms. The Hall–Kier alpha value is -7.73. The summed E-state index contributed by atoms with van der Waals surface area (Å²) in [6.07, 6.45) is 1.54. The van der Waals surface area contributed by atoms with E-state index in [-0.39, 0.29) is 62.0 Å². The summed E-state index contributed by atoms with van der Waals surface area (Å²) in [4.78, 5) is 121. The van der Waals surface area contributed by atoms with Gasteiger partial charge in [-0.1, -0.05) is 128 Å². The molecule has 0 aliphatic carbocycles. The first-order valence-corrected chi connectivity index (χ1v) is 25.5. The normalized spacial score (nSPS) is 25.1. The van der Waals surface area contributed by atoms with E-state index in [1.54, 1.807) is 6.92 Å². The largest absolute Gasteiger partial charge is 0.365 e. The molecule has 7 N–H and O–H groups in total. The number of rotatable bonds is 11. The van der Waals surface area contributed by atoms with Crippen LogP contribution in [0.25, 0.3) is 0 Å². The van der Waals surface area contributed by atoms with Crippen LogP contribution in [-0.4, -0.2) is 130 Å². The van der Waals surface area contributed by atoms with Crippen LogP contribution in [0.3, 0.4) is 0 Å². The number of hydrogen-bond donors (Lipinski definition) is 7. The fourth-order valence-electron chi connectivity index (χ4n) is 9.92. The lowest BCUT2D eigenvalue weighted by molar-refractivity contribution is -0.149. The molecule has 0 radical (unpaired) electrons. The molecule has 8 amide bonds. The summed E-state index contributed by atoms with van der Waals surface area (Å²) in [5.74, 6) is -4.08. The van der Waals surface area contributed by atoms with Gasteiger partial charge in [-0.25, -0.2) is 0 Å². The van der Waals surface area contributed by atoms with Crippen molar-refractivity contribution in [2.24, 2.45) is 0 Å². The number of Topliss-reactive ketones (excluding diaryl/α,β-unsaturated/α-hetero) is 1. The van der Waals surface area contributed by atoms with Crippen LogP contribution in [0.1, 0.15) is 80.5 Å². The average Bonchev–Trinajstić information content (AvgIpc) is 4.10. The number of benzene rings is 4. The van der Waals surface area contributed by atoms with Crippen LogP contribution in [0, 0.1) is 0 Å². The Bertz CT molecular complexity index is 2610. The highest BCUT2D eigenvalue weighted by atomic mass is 16.3. The van der Waals surface area contributed by atoms with E-state index >= 15 is 0 Å². The van der Waals surface area contributed by atoms with E-state index < -0.39 is 78.1 Å². The minimum Gasteiger partial charge on any atom is -0.365 e. The van der Waals surface area contributed by atoms with Gasteiger partial charge >= 0.3 is 0 Å². The van der Waals surface area contributed by atoms with Crippen LogP contribution < -0.4 is 31.9 Å². The lowest BCUT2D eigenvalue weighted by Gasteiger charge is -2.29. The van der Waals surface area contributed by atoms with Crippen LogP contribution in [-0.2, 0) is 68.8 Å². The quantitative estimate of drug-likeness (QED) is 0.115. The van der Waals surface area contributed by atoms with Gasteiger partial charge < -0.3 is 46.8 Å². The fourth-order valence-corrected chi connectivity index (χ4v) is 9.92. The molecule has 8 rings (SSSR count). The van der Waals surface area contributed by atoms with Gasteiger partial charge in [0.15, 0.2) is 0 Å². The van der Waals surface area contributed by atoms with Gasteiger partial charge in [-0.2, -0.15) is 0 Å². The highest BCUT2D eigenvalue weighted by Gasteiger charge is 2.41. The summed E-state index contributed by atoms with van der Waals surface area (Å²) in [6, 6.07) is 31.8. The maximum absolute atomic E-state index is 13.7. The van der Waals surface area contributed by atoms with Gasteiger partial charge in [0.05, 0.1) is 0 Å². The molecular weight excluding hydrogens is 945 g/mol. The molecule has 8 atom stereocenters. The van der Waals surface area contributed by atoms with Crippen molar-refractivity contribution in [1.29, 1.82) is 0 Å². The van der Waals surface area contributed by atoms with Gasteiger partial charge in [-0.3, -0.25) is 43.2 Å². The molecule has 4 aliphatic rings. The van der Waals surface area contributed by atoms with Crippen molar-refractivity contribution in [3.63, 3.8) is 0 Å². The van der Waals surface area contributed by atoms with E-state index in [1.165, 1.54) is 9.80 Å². The SMILES string of the molecule is CCC(=O)C[C@@H]1NC(=O)[C@H](Cc2ccccc2)NC(=O)C[C@H](Cc2ccccc2)NC(=O)[C@@H]2CCCN2C1=O.O=C1C[C@H](Cc2ccccc2)NC(=O)[C@@H]2CCCN2C(=O)[C@H](O)NC(=O)[C@H](Cc2ccccc2)N1. The van der Waals surface area contributed by atoms with Gasteiger partial charge in [-0.15, -0.1) is 0 Å². The molecule has 4 fully saturated rings. The van der Waals surface area contributed by atoms with E-state index in [4.69, 9.17) is 0 Å². The molecule has 4 aromatic carbocycles. The van der Waals surface area contributed by atoms with Crippen molar-refractivity contribution >= 4 is 53.0 Å². The van der Waals surface area contributed by atoms with Crippen molar-refractivity contribution in [3.05, 3.63) is 144 Å². The first kappa shape index (κ1) is 54.1. The predicted molar refractivity (Wildman–Crippen MR) is 273 cm³/mol. The molecule has 18 heteroatoms. The number of carbonyl (C=O) groups excluding carboxylic acids is 9. The maximum Gasteiger partial charge on any atom is 0.273 e. The Morgan fingerprint density at radius 2 is 0.851 bits per heavy atom. The smallest absolute Gasteiger partial charge is 0.273 e. The van der Waals surface area contributed by atoms with E-state index in [2.05, 4.69) is 31.9 Å². The molecule has 4 saturated heterocycles. The molecule has 4 aromatic rings. The number of nitrogens with one attached hydrogen (secondary N) is 6. The van der Waals surface area contributed by atoms with E-state index in [1.807, 2.05) is 121 Å². The molecular formula is C56H66N8O10. The highest BCUT2D eigenvalue weighted by Crippen LogP contribution is 2.23. The standard InChI is InChI=1S/C30H36N4O5.C26H30N4O5/c1-2-23(35)19-25-30(39)34-15-9-14-26(34)29(38)31-22(16-20-10-5-3-6-11-20)18-27(36)32-24(28(37)33-25)17-21-12-7-4-8-13-21;31-22-16-19(14-17-8-3-1-4-9-17)27-24(33)21-12-7-13-30(21)26(35)25(34)29-23(32)20(28-22)15-18-10-5-2-6-11-18/h3-8,10-13,22,24-26H,2,9,14-19H2,1H3,(H,31,38)(H,32,36)(H,33,37);1-6,8-11,19-21,25,34H,7,12-16H2,(H,27,33)(H,28,31)(H,29,32)/t22-,24-,25-,26-;19-,20-,21-,25-/m00/s1. The first-order chi connectivity index (χ1) is 35.7. The molecule has 0 spiro atoms. The van der Waals surface area contributed by atoms with Crippen molar-refractivity contribution in [2.45, 2.75) is 132 Å². The van der Waals surface area contributed by atoms with E-state index in [0.717, 1.165) is 22.3 Å². The Kier molecular flexibility index (Phi) is 19.2. The molecule has 0 saturated carbocycles. The number of fused-ring (bicyclic) bond motifs is 2. The number of nitrogens with zero attached hydrogens (tertiary/aromatic N) is 2. The van der Waals surface area contributed by atoms with Crippen molar-refractivity contribution in [3.8, 4) is 0 Å². The summed E-state index contributed by atoms with van der Waals surface area (Å²) in [7, 11) is 0. The predicted octanol–water partition coefficient (Wildman–Crippen LogP) is 1.96. The lowest BCUT2D eigenvalue weighted by Crippen LogP contribution is -2.57. The van der Waals surface area contributed by atoms with Crippen LogP contribution in [0.5, 0.6) is 0 Å². The van der Waals surface area contributed by atoms with Crippen LogP contribution in [0.15, 0.2) is 121 Å². The van der Waals surface area contributed by atoms with Crippen LogP contribution in [0.2, 0.25) is 0 Å². The Balaban J connectivity index is 0.000000217. The molecule has 0 unspecified atom stereocenters. The number of aliphatic hydroxyl groups excluding tert-OH is 1. The summed E-state index contributed by atoms with van der Waals surface area (Å²) >= 11 is 0. The third-order valence-corrected chi connectivity index (χ3v) is 13.7. The molecule has 4 aliphatic heterocycles. The number of hydrogen-bond acceptors (Lipinski definition) is 10. The average molecular weight is 1010 g/mol. The van der Waals surface area contributed by atoms with Gasteiger partial charge in [0.1, 0.15) is 36.0 Å². The van der Waals surface area contributed by atoms with Crippen molar-refractivity contribution in [1.82, 2.24) is 41.7 Å². The third kappa shape index (κ3) is 15.2. The third-order valence-electron chi connectivity index (χ3n) is 13.7. The number of aliphatic hydroxyl groups is 1. The van der Waals surface area contributed by atoms with Gasteiger partial charge in [0, 0.05) is 63.7 Å². The molecule has 4 heterocycles. The molecule has 0 aromatic heterocycles. The first-order valence-electron chi connectivity index (χ1n) is 25.5. The summed E-state index contributed by atoms with van der Waals surface area (Å²) in [6.45, 7) is 2.36. The molecule has 18 nitrogen and oxygen atoms in total. The zero-order chi connectivity index (χ0) is 52.6. The summed E-state index contributed by atoms with van der Waals surface area (Å²) in [5.41, 5.74) is 3.55. The minimum absolute atomic E-state index is 0.0301. The number of amides is 8. The number of carbonyl (C=O) groups is 9. The maximum atomic E-state index is 13.7. The highest BCUT2D eigenvalue weighted by molar-refractivity contribution is 5.98. The van der Waals surface area contributed by atoms with Crippen LogP contribution >= 0.6 is 0 Å². The molecule has 74 heavy (non-hydrogen) atoms. The van der Waals surface area contributed by atoms with Gasteiger partial charge in [0.25, 0.3) is 5.91 Å². The topological polar surface area (TPSA) is 253 Å². The Morgan fingerprint density at radius 1 is 0.473 bits per heavy atom. The Labute approximate surface area is 430 Å². The van der Waals surface area contributed by atoms with Crippen molar-refractivity contribution < 1.29 is 48.3 Å². The van der Waals surface area contributed by atoms with Gasteiger partial charge in [-0.05, 0) is 60.8 Å². The zero-order valence-corrected chi connectivity index (χ0v) is 41.6. The van der Waals surface area contributed by atoms with Crippen molar-refractivity contribution in [2.75, 3.05) is 13.1 Å². The summed E-state index contributed by atoms with van der Waals surface area (Å²) in [5, 5.41) is 27.0. The van der Waals surface area contributed by atoms with Gasteiger partial charge in [0.2, 0.25) is 47.6 Å². The van der Waals surface area contributed by atoms with E-state index in [0.29, 0.717) is 51.6 Å². The minimum atomic E-state index is -1.81. The molecule has 390 valence electrons. The Morgan fingerprint density at radius 3 is 1.26 bits per heavy atom. The second-order valence-electron chi connectivity index (χ2n) is 19.3. The zero-order valence-electron chi connectivity index (χ0n) is 41.6. The second kappa shape index (κ2) is 26.3.